The summed E-state index contributed by atoms with van der Waals surface area (Å²) in [5, 5.41) is 0.606. The molecule has 1 rings (SSSR count). The SMILES string of the molecule is CCN(CC)CCCCNS(=O)(=O)c1cc(C)c(Cl)cc1Cl. The number of sulfonamides is 1. The van der Waals surface area contributed by atoms with Gasteiger partial charge >= 0.3 is 0 Å². The number of aryl methyl sites for hydroxylation is 1. The van der Waals surface area contributed by atoms with Crippen LogP contribution in [0.1, 0.15) is 32.3 Å². The minimum atomic E-state index is -3.60. The Hall–Kier alpha value is -0.330. The molecule has 0 saturated heterocycles. The largest absolute Gasteiger partial charge is 0.304 e. The topological polar surface area (TPSA) is 49.4 Å². The fourth-order valence-electron chi connectivity index (χ4n) is 2.12. The van der Waals surface area contributed by atoms with Crippen molar-refractivity contribution in [2.75, 3.05) is 26.2 Å². The third-order valence-corrected chi connectivity index (χ3v) is 5.92. The minimum absolute atomic E-state index is 0.0832. The molecule has 1 aromatic carbocycles. The molecular formula is C15H24Cl2N2O2S. The van der Waals surface area contributed by atoms with Crippen molar-refractivity contribution >= 4 is 33.2 Å². The lowest BCUT2D eigenvalue weighted by molar-refractivity contribution is 0.297. The number of benzene rings is 1. The Kier molecular flexibility index (Phi) is 8.14. The van der Waals surface area contributed by atoms with E-state index < -0.39 is 10.0 Å². The number of hydrogen-bond acceptors (Lipinski definition) is 3. The van der Waals surface area contributed by atoms with E-state index in [1.54, 1.807) is 6.92 Å². The lowest BCUT2D eigenvalue weighted by Crippen LogP contribution is -2.27. The highest BCUT2D eigenvalue weighted by atomic mass is 35.5. The maximum atomic E-state index is 12.3. The highest BCUT2D eigenvalue weighted by molar-refractivity contribution is 7.89. The summed E-state index contributed by atoms with van der Waals surface area (Å²) in [6.45, 7) is 9.41. The highest BCUT2D eigenvalue weighted by Gasteiger charge is 2.18. The van der Waals surface area contributed by atoms with Crippen molar-refractivity contribution in [3.63, 3.8) is 0 Å². The normalized spacial score (nSPS) is 12.1. The van der Waals surface area contributed by atoms with E-state index in [0.29, 0.717) is 17.1 Å². The fourth-order valence-corrected chi connectivity index (χ4v) is 4.03. The molecular weight excluding hydrogens is 343 g/mol. The molecule has 0 saturated carbocycles. The van der Waals surface area contributed by atoms with Gasteiger partial charge in [0.05, 0.1) is 5.02 Å². The van der Waals surface area contributed by atoms with Crippen LogP contribution in [0.5, 0.6) is 0 Å². The molecule has 0 unspecified atom stereocenters. The maximum Gasteiger partial charge on any atom is 0.242 e. The molecule has 0 radical (unpaired) electrons. The van der Waals surface area contributed by atoms with Gasteiger partial charge in [0.2, 0.25) is 10.0 Å². The van der Waals surface area contributed by atoms with Crippen LogP contribution in [-0.2, 0) is 10.0 Å². The van der Waals surface area contributed by atoms with Crippen LogP contribution in [-0.4, -0.2) is 39.5 Å². The molecule has 0 amide bonds. The summed E-state index contributed by atoms with van der Waals surface area (Å²) >= 11 is 11.9. The van der Waals surface area contributed by atoms with Crippen LogP contribution in [0, 0.1) is 6.92 Å². The van der Waals surface area contributed by atoms with Gasteiger partial charge in [-0.05, 0) is 57.1 Å². The van der Waals surface area contributed by atoms with E-state index in [4.69, 9.17) is 23.2 Å². The van der Waals surface area contributed by atoms with E-state index in [1.165, 1.54) is 12.1 Å². The van der Waals surface area contributed by atoms with Crippen molar-refractivity contribution in [1.29, 1.82) is 0 Å². The van der Waals surface area contributed by atoms with Gasteiger partial charge < -0.3 is 4.90 Å². The molecule has 0 aliphatic rings. The Morgan fingerprint density at radius 1 is 1.09 bits per heavy atom. The summed E-state index contributed by atoms with van der Waals surface area (Å²) in [6, 6.07) is 2.97. The Balaban J connectivity index is 2.57. The Labute approximate surface area is 143 Å². The zero-order chi connectivity index (χ0) is 16.8. The molecule has 0 aliphatic carbocycles. The molecule has 22 heavy (non-hydrogen) atoms. The quantitative estimate of drug-likeness (QED) is 0.677. The predicted octanol–water partition coefficient (Wildman–Crippen LogP) is 3.70. The van der Waals surface area contributed by atoms with Crippen LogP contribution in [0.2, 0.25) is 10.0 Å². The van der Waals surface area contributed by atoms with Gasteiger partial charge in [-0.15, -0.1) is 0 Å². The first-order chi connectivity index (χ1) is 10.3. The van der Waals surface area contributed by atoms with Crippen LogP contribution in [0.3, 0.4) is 0 Å². The van der Waals surface area contributed by atoms with Gasteiger partial charge in [0, 0.05) is 11.6 Å². The zero-order valence-corrected chi connectivity index (χ0v) is 15.7. The number of hydrogen-bond donors (Lipinski definition) is 1. The second-order valence-corrected chi connectivity index (χ2v) is 7.71. The van der Waals surface area contributed by atoms with Crippen molar-refractivity contribution in [1.82, 2.24) is 9.62 Å². The molecule has 1 aromatic rings. The van der Waals surface area contributed by atoms with Gasteiger partial charge in [-0.2, -0.15) is 0 Å². The van der Waals surface area contributed by atoms with Crippen LogP contribution < -0.4 is 4.72 Å². The second-order valence-electron chi connectivity index (χ2n) is 5.16. The smallest absolute Gasteiger partial charge is 0.242 e. The predicted molar refractivity (Wildman–Crippen MR) is 93.4 cm³/mol. The third-order valence-electron chi connectivity index (χ3n) is 3.59. The fraction of sp³-hybridized carbons (Fsp3) is 0.600. The summed E-state index contributed by atoms with van der Waals surface area (Å²) in [5.41, 5.74) is 0.688. The average molecular weight is 367 g/mol. The maximum absolute atomic E-state index is 12.3. The molecule has 0 atom stereocenters. The van der Waals surface area contributed by atoms with E-state index in [2.05, 4.69) is 23.5 Å². The Bertz CT molecular complexity index is 587. The van der Waals surface area contributed by atoms with Gasteiger partial charge in [0.25, 0.3) is 0 Å². The molecule has 0 spiro atoms. The standard InChI is InChI=1S/C15H24Cl2N2O2S/c1-4-19(5-2)9-7-6-8-18-22(20,21)15-10-12(3)13(16)11-14(15)17/h10-11,18H,4-9H2,1-3H3. The van der Waals surface area contributed by atoms with Crippen molar-refractivity contribution in [2.24, 2.45) is 0 Å². The summed E-state index contributed by atoms with van der Waals surface area (Å²) in [4.78, 5) is 2.40. The third kappa shape index (κ3) is 5.70. The average Bonchev–Trinajstić information content (AvgIpc) is 2.46. The molecule has 7 heteroatoms. The van der Waals surface area contributed by atoms with Crippen LogP contribution >= 0.6 is 23.2 Å². The molecule has 0 heterocycles. The van der Waals surface area contributed by atoms with E-state index in [9.17, 15) is 8.42 Å². The summed E-state index contributed by atoms with van der Waals surface area (Å²) in [7, 11) is -3.60. The van der Waals surface area contributed by atoms with Crippen molar-refractivity contribution < 1.29 is 8.42 Å². The van der Waals surface area contributed by atoms with Gasteiger partial charge in [0.1, 0.15) is 4.90 Å². The summed E-state index contributed by atoms with van der Waals surface area (Å²) in [5.74, 6) is 0. The molecule has 0 aromatic heterocycles. The lowest BCUT2D eigenvalue weighted by Gasteiger charge is -2.17. The van der Waals surface area contributed by atoms with Gasteiger partial charge in [0.15, 0.2) is 0 Å². The Morgan fingerprint density at radius 2 is 1.73 bits per heavy atom. The van der Waals surface area contributed by atoms with E-state index in [0.717, 1.165) is 32.5 Å². The van der Waals surface area contributed by atoms with E-state index in [1.807, 2.05) is 0 Å². The van der Waals surface area contributed by atoms with E-state index >= 15 is 0 Å². The van der Waals surface area contributed by atoms with Crippen molar-refractivity contribution in [3.8, 4) is 0 Å². The van der Waals surface area contributed by atoms with Crippen molar-refractivity contribution in [3.05, 3.63) is 27.7 Å². The molecule has 0 aliphatic heterocycles. The molecule has 0 fully saturated rings. The second kappa shape index (κ2) is 9.08. The zero-order valence-electron chi connectivity index (χ0n) is 13.3. The van der Waals surface area contributed by atoms with E-state index in [-0.39, 0.29) is 9.92 Å². The first-order valence-corrected chi connectivity index (χ1v) is 9.73. The summed E-state index contributed by atoms with van der Waals surface area (Å²) in [6.07, 6.45) is 1.75. The monoisotopic (exact) mass is 366 g/mol. The molecule has 4 nitrogen and oxygen atoms in total. The highest BCUT2D eigenvalue weighted by Crippen LogP contribution is 2.27. The van der Waals surface area contributed by atoms with Crippen LogP contribution in [0.15, 0.2) is 17.0 Å². The Morgan fingerprint density at radius 3 is 2.32 bits per heavy atom. The summed E-state index contributed by atoms with van der Waals surface area (Å²) < 4.78 is 27.2. The first-order valence-electron chi connectivity index (χ1n) is 7.49. The number of rotatable bonds is 9. The molecule has 0 bridgehead atoms. The van der Waals surface area contributed by atoms with Crippen LogP contribution in [0.4, 0.5) is 0 Å². The lowest BCUT2D eigenvalue weighted by atomic mass is 10.2. The van der Waals surface area contributed by atoms with Crippen molar-refractivity contribution in [2.45, 2.75) is 38.5 Å². The van der Waals surface area contributed by atoms with Crippen LogP contribution in [0.25, 0.3) is 0 Å². The number of nitrogens with one attached hydrogen (secondary N) is 1. The van der Waals surface area contributed by atoms with Gasteiger partial charge in [-0.1, -0.05) is 37.0 Å². The van der Waals surface area contributed by atoms with Gasteiger partial charge in [-0.3, -0.25) is 0 Å². The van der Waals surface area contributed by atoms with Gasteiger partial charge in [-0.25, -0.2) is 13.1 Å². The molecule has 1 N–H and O–H groups in total. The molecule has 126 valence electrons. The first kappa shape index (κ1) is 19.7. The number of nitrogens with zero attached hydrogens (tertiary/aromatic N) is 1. The number of unbranched alkanes of at least 4 members (excludes halogenated alkanes) is 1. The number of halogens is 2. The minimum Gasteiger partial charge on any atom is -0.304 e.